The third-order valence-corrected chi connectivity index (χ3v) is 6.36. The van der Waals surface area contributed by atoms with E-state index in [4.69, 9.17) is 5.10 Å². The Hall–Kier alpha value is -1.92. The van der Waals surface area contributed by atoms with Crippen LogP contribution in [0.4, 0.5) is 4.39 Å². The molecule has 0 bridgehead atoms. The van der Waals surface area contributed by atoms with Crippen molar-refractivity contribution in [3.05, 3.63) is 53.6 Å². The monoisotopic (exact) mass is 434 g/mol. The van der Waals surface area contributed by atoms with Crippen molar-refractivity contribution in [2.24, 2.45) is 0 Å². The first-order valence-electron chi connectivity index (χ1n) is 10.5. The maximum Gasteiger partial charge on any atom is 0.237 e. The minimum Gasteiger partial charge on any atom is -0.350 e. The van der Waals surface area contributed by atoms with Crippen molar-refractivity contribution in [1.82, 2.24) is 20.4 Å². The van der Waals surface area contributed by atoms with Crippen LogP contribution >= 0.6 is 12.4 Å². The average Bonchev–Trinajstić information content (AvgIpc) is 3.27. The van der Waals surface area contributed by atoms with Crippen molar-refractivity contribution in [1.29, 1.82) is 0 Å². The summed E-state index contributed by atoms with van der Waals surface area (Å²) < 4.78 is 15.9. The Bertz CT molecular complexity index is 903. The molecule has 2 fully saturated rings. The molecule has 7 heteroatoms. The molecule has 1 saturated heterocycles. The molecule has 1 aliphatic heterocycles. The zero-order valence-corrected chi connectivity index (χ0v) is 18.9. The summed E-state index contributed by atoms with van der Waals surface area (Å²) in [4.78, 5) is 13.0. The third kappa shape index (κ3) is 4.54. The van der Waals surface area contributed by atoms with Gasteiger partial charge in [-0.25, -0.2) is 4.39 Å². The van der Waals surface area contributed by atoms with Gasteiger partial charge in [0.2, 0.25) is 5.91 Å². The molecule has 0 spiro atoms. The summed E-state index contributed by atoms with van der Waals surface area (Å²) in [7, 11) is 0. The van der Waals surface area contributed by atoms with E-state index in [2.05, 4.69) is 38.3 Å². The van der Waals surface area contributed by atoms with Crippen LogP contribution in [-0.4, -0.2) is 27.3 Å². The number of carbonyl (C=O) groups excluding carboxylic acids is 1. The number of rotatable bonds is 4. The van der Waals surface area contributed by atoms with Crippen LogP contribution < -0.4 is 10.6 Å². The SMILES string of the molecule is CC1(NC(=O)[C@@H]2C[C@H](c3ccn(C(C)(C)C)n3)[C@H](c3cccc(F)c3)N2)CCC1.Cl. The Morgan fingerprint density at radius 1 is 1.30 bits per heavy atom. The van der Waals surface area contributed by atoms with Gasteiger partial charge in [0.05, 0.1) is 17.3 Å². The summed E-state index contributed by atoms with van der Waals surface area (Å²) in [6, 6.07) is 8.20. The van der Waals surface area contributed by atoms with Crippen molar-refractivity contribution in [2.45, 2.75) is 82.5 Å². The summed E-state index contributed by atoms with van der Waals surface area (Å²) in [5.41, 5.74) is 1.59. The van der Waals surface area contributed by atoms with Crippen molar-refractivity contribution in [3.8, 4) is 0 Å². The molecule has 1 saturated carbocycles. The molecule has 2 N–H and O–H groups in total. The van der Waals surface area contributed by atoms with Crippen LogP contribution in [0.25, 0.3) is 0 Å². The largest absolute Gasteiger partial charge is 0.350 e. The summed E-state index contributed by atoms with van der Waals surface area (Å²) in [6.07, 6.45) is 5.84. The van der Waals surface area contributed by atoms with Crippen molar-refractivity contribution in [3.63, 3.8) is 0 Å². The lowest BCUT2D eigenvalue weighted by Gasteiger charge is -2.39. The second-order valence-corrected chi connectivity index (χ2v) is 9.85. The molecule has 0 radical (unpaired) electrons. The second-order valence-electron chi connectivity index (χ2n) is 9.85. The highest BCUT2D eigenvalue weighted by Crippen LogP contribution is 2.41. The lowest BCUT2D eigenvalue weighted by Crippen LogP contribution is -2.55. The van der Waals surface area contributed by atoms with E-state index in [1.165, 1.54) is 6.07 Å². The quantitative estimate of drug-likeness (QED) is 0.747. The highest BCUT2D eigenvalue weighted by Gasteiger charge is 2.42. The van der Waals surface area contributed by atoms with Gasteiger partial charge >= 0.3 is 0 Å². The standard InChI is InChI=1S/C23H31FN4O.ClH/c1-22(2,3)28-12-9-18(27-28)17-14-19(21(29)26-23(4)10-6-11-23)25-20(17)15-7-5-8-16(24)13-15;/h5,7-9,12-13,17,19-20,25H,6,10-11,14H2,1-4H3,(H,26,29);1H/t17-,19+,20+;/m1./s1. The summed E-state index contributed by atoms with van der Waals surface area (Å²) in [6.45, 7) is 8.43. The maximum atomic E-state index is 13.9. The Labute approximate surface area is 184 Å². The molecule has 30 heavy (non-hydrogen) atoms. The Morgan fingerprint density at radius 3 is 2.60 bits per heavy atom. The number of nitrogens with one attached hydrogen (secondary N) is 2. The third-order valence-electron chi connectivity index (χ3n) is 6.36. The fourth-order valence-electron chi connectivity index (χ4n) is 4.42. The number of benzene rings is 1. The number of halogens is 2. The molecule has 2 aromatic rings. The summed E-state index contributed by atoms with van der Waals surface area (Å²) in [5, 5.41) is 11.5. The van der Waals surface area contributed by atoms with E-state index >= 15 is 0 Å². The van der Waals surface area contributed by atoms with Crippen LogP contribution in [0, 0.1) is 5.82 Å². The second kappa shape index (κ2) is 8.31. The predicted octanol–water partition coefficient (Wildman–Crippen LogP) is 4.44. The minimum atomic E-state index is -0.314. The van der Waals surface area contributed by atoms with E-state index < -0.39 is 0 Å². The van der Waals surface area contributed by atoms with Crippen LogP contribution in [-0.2, 0) is 10.3 Å². The van der Waals surface area contributed by atoms with Gasteiger partial charge in [-0.05, 0) is 77.1 Å². The number of aromatic nitrogens is 2. The number of hydrogen-bond donors (Lipinski definition) is 2. The first kappa shape index (κ1) is 22.8. The van der Waals surface area contributed by atoms with Crippen LogP contribution in [0.15, 0.2) is 36.5 Å². The average molecular weight is 435 g/mol. The van der Waals surface area contributed by atoms with Gasteiger partial charge in [0.15, 0.2) is 0 Å². The fraction of sp³-hybridized carbons (Fsp3) is 0.565. The lowest BCUT2D eigenvalue weighted by atomic mass is 9.78. The minimum absolute atomic E-state index is 0. The first-order valence-corrected chi connectivity index (χ1v) is 10.5. The molecule has 0 unspecified atom stereocenters. The van der Waals surface area contributed by atoms with Crippen molar-refractivity contribution in [2.75, 3.05) is 0 Å². The highest BCUT2D eigenvalue weighted by molar-refractivity contribution is 5.85. The summed E-state index contributed by atoms with van der Waals surface area (Å²) >= 11 is 0. The van der Waals surface area contributed by atoms with E-state index in [-0.39, 0.29) is 53.2 Å². The number of nitrogens with zero attached hydrogens (tertiary/aromatic N) is 2. The van der Waals surface area contributed by atoms with E-state index in [9.17, 15) is 9.18 Å². The molecular weight excluding hydrogens is 403 g/mol. The Morgan fingerprint density at radius 2 is 2.03 bits per heavy atom. The smallest absolute Gasteiger partial charge is 0.237 e. The molecule has 1 aromatic heterocycles. The van der Waals surface area contributed by atoms with Crippen LogP contribution in [0.5, 0.6) is 0 Å². The molecule has 5 nitrogen and oxygen atoms in total. The molecule has 1 amide bonds. The number of amides is 1. The van der Waals surface area contributed by atoms with E-state index in [0.29, 0.717) is 6.42 Å². The van der Waals surface area contributed by atoms with Gasteiger partial charge in [0.1, 0.15) is 5.82 Å². The maximum absolute atomic E-state index is 13.9. The summed E-state index contributed by atoms with van der Waals surface area (Å²) in [5.74, 6) is -0.227. The molecule has 1 aromatic carbocycles. The zero-order valence-electron chi connectivity index (χ0n) is 18.1. The van der Waals surface area contributed by atoms with Crippen molar-refractivity contribution >= 4 is 18.3 Å². The van der Waals surface area contributed by atoms with Gasteiger partial charge in [0.25, 0.3) is 0 Å². The van der Waals surface area contributed by atoms with Gasteiger partial charge in [-0.1, -0.05) is 12.1 Å². The predicted molar refractivity (Wildman–Crippen MR) is 118 cm³/mol. The normalized spacial score (nSPS) is 25.3. The van der Waals surface area contributed by atoms with Crippen LogP contribution in [0.2, 0.25) is 0 Å². The van der Waals surface area contributed by atoms with E-state index in [0.717, 1.165) is 30.5 Å². The number of carbonyl (C=O) groups is 1. The highest BCUT2D eigenvalue weighted by atomic mass is 35.5. The zero-order chi connectivity index (χ0) is 20.8. The van der Waals surface area contributed by atoms with E-state index in [1.54, 1.807) is 12.1 Å². The first-order chi connectivity index (χ1) is 13.6. The number of hydrogen-bond acceptors (Lipinski definition) is 3. The van der Waals surface area contributed by atoms with Gasteiger partial charge in [-0.15, -0.1) is 12.4 Å². The molecule has 2 heterocycles. The van der Waals surface area contributed by atoms with E-state index in [1.807, 2.05) is 23.0 Å². The molecule has 2 aliphatic rings. The molecule has 3 atom stereocenters. The van der Waals surface area contributed by atoms with Crippen LogP contribution in [0.1, 0.15) is 76.6 Å². The molecular formula is C23H32ClFN4O. The Balaban J connectivity index is 0.00000256. The molecule has 4 rings (SSSR count). The topological polar surface area (TPSA) is 59.0 Å². The van der Waals surface area contributed by atoms with Crippen molar-refractivity contribution < 1.29 is 9.18 Å². The van der Waals surface area contributed by atoms with Gasteiger partial charge in [0, 0.05) is 23.7 Å². The fourth-order valence-corrected chi connectivity index (χ4v) is 4.42. The van der Waals surface area contributed by atoms with Gasteiger partial charge in [-0.3, -0.25) is 14.8 Å². The lowest BCUT2D eigenvalue weighted by molar-refractivity contribution is -0.125. The Kier molecular flexibility index (Phi) is 6.30. The molecule has 1 aliphatic carbocycles. The van der Waals surface area contributed by atoms with Crippen LogP contribution in [0.3, 0.4) is 0 Å². The van der Waals surface area contributed by atoms with Gasteiger partial charge < -0.3 is 5.32 Å². The van der Waals surface area contributed by atoms with Gasteiger partial charge in [-0.2, -0.15) is 5.10 Å². The molecule has 164 valence electrons.